The zero-order valence-corrected chi connectivity index (χ0v) is 27.3. The maximum absolute atomic E-state index is 14.9. The van der Waals surface area contributed by atoms with Gasteiger partial charge in [-0.15, -0.1) is 11.8 Å². The Labute approximate surface area is 275 Å². The van der Waals surface area contributed by atoms with Crippen LogP contribution in [-0.2, 0) is 30.0 Å². The Kier molecular flexibility index (Phi) is 5.97. The molecule has 3 fully saturated rings. The van der Waals surface area contributed by atoms with Crippen LogP contribution in [0.15, 0.2) is 60.3 Å². The molecule has 0 spiro atoms. The van der Waals surface area contributed by atoms with Crippen LogP contribution in [0.1, 0.15) is 25.0 Å². The lowest BCUT2D eigenvalue weighted by Gasteiger charge is -2.52. The predicted octanol–water partition coefficient (Wildman–Crippen LogP) is 0.00360. The maximum atomic E-state index is 14.9. The summed E-state index contributed by atoms with van der Waals surface area (Å²) in [5.74, 6) is -2.73. The number of hydrogen-bond donors (Lipinski definition) is 5. The SMILES string of the molecule is CSC1(C(C)C)C(=O)N2C(=CC3(C45c6ccccc6NC4N4C(=O)C(CO)N(C)C(=O)C4(O)[C@H]5O)c4ccccc4NC23)C(=O)N1C. The first kappa shape index (κ1) is 30.2. The summed E-state index contributed by atoms with van der Waals surface area (Å²) >= 11 is 1.28. The quantitative estimate of drug-likeness (QED) is 0.302. The first-order valence-electron chi connectivity index (χ1n) is 15.6. The molecule has 0 aliphatic carbocycles. The van der Waals surface area contributed by atoms with Crippen LogP contribution in [0.3, 0.4) is 0 Å². The number of piperazine rings is 2. The minimum Gasteiger partial charge on any atom is -0.394 e. The molecular weight excluding hydrogens is 624 g/mol. The van der Waals surface area contributed by atoms with Gasteiger partial charge >= 0.3 is 0 Å². The number of nitrogens with one attached hydrogen (secondary N) is 2. The van der Waals surface area contributed by atoms with Gasteiger partial charge in [0.05, 0.1) is 17.4 Å². The zero-order chi connectivity index (χ0) is 33.6. The Hall–Kier alpha value is -4.11. The van der Waals surface area contributed by atoms with Crippen LogP contribution in [0, 0.1) is 5.92 Å². The third kappa shape index (κ3) is 2.93. The van der Waals surface area contributed by atoms with Crippen molar-refractivity contribution in [2.24, 2.45) is 5.92 Å². The number of carbonyl (C=O) groups excluding carboxylic acids is 4. The van der Waals surface area contributed by atoms with E-state index >= 15 is 0 Å². The summed E-state index contributed by atoms with van der Waals surface area (Å²) in [6, 6.07) is 13.1. The Morgan fingerprint density at radius 1 is 0.915 bits per heavy atom. The molecule has 4 amide bonds. The molecule has 2 aromatic carbocycles. The normalized spacial score (nSPS) is 38.1. The van der Waals surface area contributed by atoms with E-state index in [0.29, 0.717) is 22.5 Å². The lowest BCUT2D eigenvalue weighted by atomic mass is 9.54. The van der Waals surface area contributed by atoms with Crippen LogP contribution in [0.4, 0.5) is 11.4 Å². The molecule has 3 saturated heterocycles. The third-order valence-electron chi connectivity index (χ3n) is 11.6. The average molecular weight is 661 g/mol. The lowest BCUT2D eigenvalue weighted by molar-refractivity contribution is -0.209. The van der Waals surface area contributed by atoms with Crippen molar-refractivity contribution >= 4 is 46.8 Å². The largest absolute Gasteiger partial charge is 0.394 e. The Morgan fingerprint density at radius 2 is 1.51 bits per heavy atom. The molecule has 47 heavy (non-hydrogen) atoms. The molecule has 246 valence electrons. The van der Waals surface area contributed by atoms with Gasteiger partial charge in [-0.2, -0.15) is 0 Å². The van der Waals surface area contributed by atoms with Crippen LogP contribution in [-0.4, -0.2) is 121 Å². The van der Waals surface area contributed by atoms with Crippen LogP contribution in [0.25, 0.3) is 0 Å². The average Bonchev–Trinajstić information content (AvgIpc) is 3.73. The van der Waals surface area contributed by atoms with E-state index in [4.69, 9.17) is 0 Å². The summed E-state index contributed by atoms with van der Waals surface area (Å²) in [5, 5.41) is 42.4. The topological polar surface area (TPSA) is 166 Å². The number of hydrogen-bond acceptors (Lipinski definition) is 10. The van der Waals surface area contributed by atoms with Gasteiger partial charge < -0.3 is 35.8 Å². The molecule has 0 aromatic heterocycles. The van der Waals surface area contributed by atoms with Crippen LogP contribution < -0.4 is 10.6 Å². The summed E-state index contributed by atoms with van der Waals surface area (Å²) < 4.78 is 0. The molecule has 8 atom stereocenters. The third-order valence-corrected chi connectivity index (χ3v) is 13.2. The van der Waals surface area contributed by atoms with Gasteiger partial charge in [0.2, 0.25) is 0 Å². The molecule has 0 radical (unpaired) electrons. The minimum absolute atomic E-state index is 0.0967. The first-order valence-corrected chi connectivity index (χ1v) is 16.8. The molecule has 7 unspecified atom stereocenters. The van der Waals surface area contributed by atoms with Crippen LogP contribution in [0.5, 0.6) is 0 Å². The van der Waals surface area contributed by atoms with E-state index in [9.17, 15) is 34.5 Å². The molecule has 6 aliphatic rings. The van der Waals surface area contributed by atoms with E-state index in [-0.39, 0.29) is 17.5 Å². The molecule has 5 N–H and O–H groups in total. The number of benzene rings is 2. The lowest BCUT2D eigenvalue weighted by Crippen LogP contribution is -2.73. The number of fused-ring (bicyclic) bond motifs is 11. The number of anilines is 2. The summed E-state index contributed by atoms with van der Waals surface area (Å²) in [6.07, 6.45) is -0.728. The highest BCUT2D eigenvalue weighted by Crippen LogP contribution is 2.69. The molecule has 6 aliphatic heterocycles. The van der Waals surface area contributed by atoms with Gasteiger partial charge in [-0.25, -0.2) is 0 Å². The van der Waals surface area contributed by atoms with E-state index in [0.717, 1.165) is 9.80 Å². The van der Waals surface area contributed by atoms with Crippen LogP contribution in [0.2, 0.25) is 0 Å². The molecule has 2 aromatic rings. The van der Waals surface area contributed by atoms with E-state index in [1.807, 2.05) is 38.1 Å². The van der Waals surface area contributed by atoms with Gasteiger partial charge in [0.15, 0.2) is 4.87 Å². The van der Waals surface area contributed by atoms with Crippen LogP contribution >= 0.6 is 11.8 Å². The number of para-hydroxylation sites is 2. The van der Waals surface area contributed by atoms with Crippen molar-refractivity contribution in [2.75, 3.05) is 37.6 Å². The smallest absolute Gasteiger partial charge is 0.279 e. The number of aliphatic hydroxyl groups excluding tert-OH is 2. The number of aliphatic hydroxyl groups is 3. The van der Waals surface area contributed by atoms with E-state index in [1.165, 1.54) is 28.6 Å². The molecule has 14 heteroatoms. The summed E-state index contributed by atoms with van der Waals surface area (Å²) in [4.78, 5) is 61.3. The van der Waals surface area contributed by atoms with Crippen molar-refractivity contribution in [3.05, 3.63) is 71.4 Å². The number of thioether (sulfide) groups is 1. The number of rotatable bonds is 4. The van der Waals surface area contributed by atoms with Gasteiger partial charge in [-0.1, -0.05) is 50.2 Å². The number of likely N-dealkylation sites (N-methyl/N-ethyl adjacent to an activating group) is 2. The van der Waals surface area contributed by atoms with Crippen molar-refractivity contribution in [2.45, 2.75) is 59.8 Å². The fraction of sp³-hybridized carbons (Fsp3) is 0.455. The molecule has 0 bridgehead atoms. The standard InChI is InChI=1S/C33H36N6O7S/c1-16(2)33(47-5)29(45)38-21(23(41)37(33)4)14-30(17-10-6-8-12-19(17)34-26(30)38)31-18-11-7-9-13-20(18)35-27(31)39-24(42)22(15-40)36(3)28(44)32(39,46)25(31)43/h6-14,16,22,25-27,34-35,40,43,46H,15H2,1-5H3/t22?,25-,26?,27?,30?,31?,32?,33?/m0/s1. The van der Waals surface area contributed by atoms with Gasteiger partial charge in [-0.3, -0.25) is 29.0 Å². The van der Waals surface area contributed by atoms with Gasteiger partial charge in [0.1, 0.15) is 30.2 Å². The first-order chi connectivity index (χ1) is 22.3. The zero-order valence-electron chi connectivity index (χ0n) is 26.5. The Morgan fingerprint density at radius 3 is 2.13 bits per heavy atom. The molecule has 6 heterocycles. The van der Waals surface area contributed by atoms with Crippen molar-refractivity contribution in [3.63, 3.8) is 0 Å². The highest BCUT2D eigenvalue weighted by molar-refractivity contribution is 8.00. The summed E-state index contributed by atoms with van der Waals surface area (Å²) in [7, 11) is 2.91. The second-order valence-electron chi connectivity index (χ2n) is 13.5. The van der Waals surface area contributed by atoms with Crippen molar-refractivity contribution in [3.8, 4) is 0 Å². The second kappa shape index (κ2) is 9.28. The summed E-state index contributed by atoms with van der Waals surface area (Å²) in [5.41, 5.74) is -3.62. The molecule has 0 saturated carbocycles. The Balaban J connectivity index is 1.48. The molecule has 8 rings (SSSR count). The van der Waals surface area contributed by atoms with E-state index in [2.05, 4.69) is 10.6 Å². The van der Waals surface area contributed by atoms with Crippen molar-refractivity contribution in [1.29, 1.82) is 0 Å². The van der Waals surface area contributed by atoms with Gasteiger partial charge in [0.25, 0.3) is 29.4 Å². The fourth-order valence-electron chi connectivity index (χ4n) is 9.63. The van der Waals surface area contributed by atoms with Crippen molar-refractivity contribution < 1.29 is 34.5 Å². The second-order valence-corrected chi connectivity index (χ2v) is 14.5. The number of amides is 4. The van der Waals surface area contributed by atoms with Crippen molar-refractivity contribution in [1.82, 2.24) is 19.6 Å². The highest BCUT2D eigenvalue weighted by atomic mass is 32.2. The maximum Gasteiger partial charge on any atom is 0.279 e. The Bertz CT molecular complexity index is 1840. The van der Waals surface area contributed by atoms with E-state index < -0.39 is 70.2 Å². The van der Waals surface area contributed by atoms with E-state index in [1.54, 1.807) is 43.6 Å². The van der Waals surface area contributed by atoms with Gasteiger partial charge in [0, 0.05) is 25.5 Å². The van der Waals surface area contributed by atoms with Gasteiger partial charge in [-0.05, 0) is 41.5 Å². The predicted molar refractivity (Wildman–Crippen MR) is 171 cm³/mol. The fourth-order valence-corrected chi connectivity index (χ4v) is 10.7. The molecule has 13 nitrogen and oxygen atoms in total. The number of nitrogens with zero attached hydrogens (tertiary/aromatic N) is 4. The minimum atomic E-state index is -2.76. The number of carbonyl (C=O) groups is 4. The molecular formula is C33H36N6O7S. The monoisotopic (exact) mass is 660 g/mol. The highest BCUT2D eigenvalue weighted by Gasteiger charge is 2.85. The summed E-state index contributed by atoms with van der Waals surface area (Å²) in [6.45, 7) is 3.07.